The zero-order chi connectivity index (χ0) is 20.5. The zero-order valence-corrected chi connectivity index (χ0v) is 17.2. The average molecular weight is 408 g/mol. The molecule has 0 aliphatic carbocycles. The molecule has 0 spiro atoms. The quantitative estimate of drug-likeness (QED) is 0.447. The van der Waals surface area contributed by atoms with Crippen LogP contribution in [-0.4, -0.2) is 35.4 Å². The summed E-state index contributed by atoms with van der Waals surface area (Å²) in [4.78, 5) is 31.1. The number of aryl methyl sites for hydroxylation is 1. The summed E-state index contributed by atoms with van der Waals surface area (Å²) in [5.41, 5.74) is 2.23. The highest BCUT2D eigenvalue weighted by atomic mass is 32.1. The van der Waals surface area contributed by atoms with Gasteiger partial charge in [-0.25, -0.2) is 9.78 Å². The van der Waals surface area contributed by atoms with Gasteiger partial charge in [-0.05, 0) is 32.0 Å². The molecule has 2 aromatic heterocycles. The number of furan rings is 1. The maximum Gasteiger partial charge on any atom is 0.375 e. The van der Waals surface area contributed by atoms with Crippen molar-refractivity contribution in [3.63, 3.8) is 0 Å². The summed E-state index contributed by atoms with van der Waals surface area (Å²) in [6.07, 6.45) is 0. The molecule has 0 N–H and O–H groups in total. The number of carbonyl (C=O) groups is 2. The maximum absolute atomic E-state index is 12.6. The molecule has 0 aliphatic rings. The standard InChI is InChI=1S/C22H20N2O4S/c1-13-15-8-4-6-10-17(15)28-20(13)22(26)27-12-19(25)24(3)14(2)21-23-16-9-5-7-11-18(16)29-21/h4-11,14H,12H2,1-3H3/t14-/m1/s1. The van der Waals surface area contributed by atoms with E-state index >= 15 is 0 Å². The number of fused-ring (bicyclic) bond motifs is 2. The molecule has 1 atom stereocenters. The van der Waals surface area contributed by atoms with Crippen LogP contribution in [0.2, 0.25) is 0 Å². The average Bonchev–Trinajstić information content (AvgIpc) is 3.32. The van der Waals surface area contributed by atoms with Crippen molar-refractivity contribution < 1.29 is 18.7 Å². The summed E-state index contributed by atoms with van der Waals surface area (Å²) in [6.45, 7) is 3.34. The SMILES string of the molecule is Cc1c(C(=O)OCC(=O)N(C)[C@H](C)c2nc3ccccc3s2)oc2ccccc12. The molecule has 7 heteroatoms. The molecule has 148 valence electrons. The van der Waals surface area contributed by atoms with Crippen molar-refractivity contribution in [3.05, 3.63) is 64.9 Å². The summed E-state index contributed by atoms with van der Waals surface area (Å²) >= 11 is 1.55. The number of carbonyl (C=O) groups excluding carboxylic acids is 2. The van der Waals surface area contributed by atoms with Crippen molar-refractivity contribution >= 4 is 44.4 Å². The molecule has 0 bridgehead atoms. The number of nitrogens with zero attached hydrogens (tertiary/aromatic N) is 2. The summed E-state index contributed by atoms with van der Waals surface area (Å²) in [7, 11) is 1.68. The van der Waals surface area contributed by atoms with E-state index in [2.05, 4.69) is 4.98 Å². The Bertz CT molecular complexity index is 1180. The fraction of sp³-hybridized carbons (Fsp3) is 0.227. The molecule has 1 amide bonds. The van der Waals surface area contributed by atoms with Gasteiger partial charge in [0.25, 0.3) is 5.91 Å². The molecule has 0 unspecified atom stereocenters. The van der Waals surface area contributed by atoms with Crippen molar-refractivity contribution in [2.75, 3.05) is 13.7 Å². The number of esters is 1. The number of hydrogen-bond acceptors (Lipinski definition) is 6. The lowest BCUT2D eigenvalue weighted by atomic mass is 10.1. The van der Waals surface area contributed by atoms with E-state index in [1.165, 1.54) is 4.90 Å². The molecule has 29 heavy (non-hydrogen) atoms. The molecule has 0 fully saturated rings. The van der Waals surface area contributed by atoms with Gasteiger partial charge in [-0.15, -0.1) is 11.3 Å². The minimum Gasteiger partial charge on any atom is -0.450 e. The summed E-state index contributed by atoms with van der Waals surface area (Å²) in [6, 6.07) is 15.0. The van der Waals surface area contributed by atoms with Gasteiger partial charge in [-0.2, -0.15) is 0 Å². The van der Waals surface area contributed by atoms with E-state index in [0.29, 0.717) is 11.1 Å². The first-order chi connectivity index (χ1) is 14.0. The van der Waals surface area contributed by atoms with Gasteiger partial charge >= 0.3 is 5.97 Å². The molecule has 0 saturated heterocycles. The molecule has 2 heterocycles. The Balaban J connectivity index is 1.42. The second-order valence-corrected chi connectivity index (χ2v) is 7.89. The normalized spacial score (nSPS) is 12.2. The zero-order valence-electron chi connectivity index (χ0n) is 16.3. The fourth-order valence-corrected chi connectivity index (χ4v) is 4.18. The second-order valence-electron chi connectivity index (χ2n) is 6.83. The van der Waals surface area contributed by atoms with Crippen LogP contribution in [0, 0.1) is 6.92 Å². The van der Waals surface area contributed by atoms with E-state index < -0.39 is 5.97 Å². The van der Waals surface area contributed by atoms with Crippen molar-refractivity contribution in [2.24, 2.45) is 0 Å². The van der Waals surface area contributed by atoms with Crippen molar-refractivity contribution in [1.29, 1.82) is 0 Å². The topological polar surface area (TPSA) is 72.6 Å². The number of aromatic nitrogens is 1. The second kappa shape index (κ2) is 7.67. The first kappa shape index (κ1) is 19.1. The van der Waals surface area contributed by atoms with Gasteiger partial charge in [-0.3, -0.25) is 4.79 Å². The van der Waals surface area contributed by atoms with Crippen molar-refractivity contribution in [1.82, 2.24) is 9.88 Å². The van der Waals surface area contributed by atoms with Crippen LogP contribution in [0.5, 0.6) is 0 Å². The van der Waals surface area contributed by atoms with Gasteiger partial charge in [0.1, 0.15) is 10.6 Å². The fourth-order valence-electron chi connectivity index (χ4n) is 3.11. The van der Waals surface area contributed by atoms with Gasteiger partial charge in [0, 0.05) is 18.0 Å². The third kappa shape index (κ3) is 3.61. The Labute approximate surface area is 171 Å². The summed E-state index contributed by atoms with van der Waals surface area (Å²) in [5, 5.41) is 1.69. The number of likely N-dealkylation sites (N-methyl/N-ethyl adjacent to an activating group) is 1. The summed E-state index contributed by atoms with van der Waals surface area (Å²) in [5.74, 6) is -0.826. The number of benzene rings is 2. The molecular weight excluding hydrogens is 388 g/mol. The Morgan fingerprint density at radius 3 is 2.66 bits per heavy atom. The number of amides is 1. The monoisotopic (exact) mass is 408 g/mol. The van der Waals surface area contributed by atoms with Crippen molar-refractivity contribution in [2.45, 2.75) is 19.9 Å². The lowest BCUT2D eigenvalue weighted by Gasteiger charge is -2.22. The Morgan fingerprint density at radius 1 is 1.17 bits per heavy atom. The third-order valence-electron chi connectivity index (χ3n) is 5.00. The number of rotatable bonds is 5. The molecule has 4 rings (SSSR count). The molecule has 0 radical (unpaired) electrons. The molecular formula is C22H20N2O4S. The third-order valence-corrected chi connectivity index (χ3v) is 6.20. The van der Waals surface area contributed by atoms with Crippen molar-refractivity contribution in [3.8, 4) is 0 Å². The molecule has 0 aliphatic heterocycles. The van der Waals surface area contributed by atoms with Crippen LogP contribution in [0.25, 0.3) is 21.2 Å². The number of thiazole rings is 1. The highest BCUT2D eigenvalue weighted by Crippen LogP contribution is 2.29. The number of hydrogen-bond donors (Lipinski definition) is 0. The van der Waals surface area contributed by atoms with Crippen LogP contribution in [0.4, 0.5) is 0 Å². The predicted octanol–water partition coefficient (Wildman–Crippen LogP) is 4.73. The largest absolute Gasteiger partial charge is 0.450 e. The predicted molar refractivity (Wildman–Crippen MR) is 112 cm³/mol. The van der Waals surface area contributed by atoms with Gasteiger partial charge in [-0.1, -0.05) is 30.3 Å². The first-order valence-electron chi connectivity index (χ1n) is 9.22. The van der Waals surface area contributed by atoms with Gasteiger partial charge in [0.05, 0.1) is 16.3 Å². The van der Waals surface area contributed by atoms with Crippen LogP contribution in [0.3, 0.4) is 0 Å². The van der Waals surface area contributed by atoms with Crippen LogP contribution in [0.15, 0.2) is 52.9 Å². The van der Waals surface area contributed by atoms with E-state index in [4.69, 9.17) is 9.15 Å². The smallest absolute Gasteiger partial charge is 0.375 e. The summed E-state index contributed by atoms with van der Waals surface area (Å²) < 4.78 is 11.9. The maximum atomic E-state index is 12.6. The van der Waals surface area contributed by atoms with Crippen LogP contribution in [-0.2, 0) is 9.53 Å². The first-order valence-corrected chi connectivity index (χ1v) is 10.0. The number of para-hydroxylation sites is 2. The van der Waals surface area contributed by atoms with Crippen LogP contribution >= 0.6 is 11.3 Å². The minimum atomic E-state index is -0.645. The van der Waals surface area contributed by atoms with Gasteiger partial charge < -0.3 is 14.1 Å². The Kier molecular flexibility index (Phi) is 5.07. The Morgan fingerprint density at radius 2 is 1.90 bits per heavy atom. The van der Waals surface area contributed by atoms with E-state index in [1.807, 2.05) is 49.4 Å². The highest BCUT2D eigenvalue weighted by molar-refractivity contribution is 7.18. The minimum absolute atomic E-state index is 0.126. The molecule has 0 saturated carbocycles. The van der Waals surface area contributed by atoms with E-state index in [-0.39, 0.29) is 24.3 Å². The molecule has 2 aromatic carbocycles. The Hall–Kier alpha value is -3.19. The van der Waals surface area contributed by atoms with E-state index in [1.54, 1.807) is 31.4 Å². The van der Waals surface area contributed by atoms with Gasteiger partial charge in [0.15, 0.2) is 6.61 Å². The highest BCUT2D eigenvalue weighted by Gasteiger charge is 2.24. The van der Waals surface area contributed by atoms with Crippen LogP contribution < -0.4 is 0 Å². The molecule has 4 aromatic rings. The lowest BCUT2D eigenvalue weighted by Crippen LogP contribution is -2.33. The molecule has 6 nitrogen and oxygen atoms in total. The van der Waals surface area contributed by atoms with E-state index in [0.717, 1.165) is 20.6 Å². The van der Waals surface area contributed by atoms with Crippen LogP contribution in [0.1, 0.15) is 34.1 Å². The van der Waals surface area contributed by atoms with E-state index in [9.17, 15) is 9.59 Å². The number of ether oxygens (including phenoxy) is 1. The lowest BCUT2D eigenvalue weighted by molar-refractivity contribution is -0.135. The van der Waals surface area contributed by atoms with Gasteiger partial charge in [0.2, 0.25) is 5.76 Å².